The molecule has 0 saturated heterocycles. The molecular weight excluding hydrogens is 390 g/mol. The van der Waals surface area contributed by atoms with E-state index in [2.05, 4.69) is 5.32 Å². The molecule has 0 spiro atoms. The van der Waals surface area contributed by atoms with Gasteiger partial charge in [0.15, 0.2) is 6.10 Å². The van der Waals surface area contributed by atoms with Gasteiger partial charge in [0, 0.05) is 21.9 Å². The predicted molar refractivity (Wildman–Crippen MR) is 117 cm³/mol. The lowest BCUT2D eigenvalue weighted by Gasteiger charge is -2.15. The second-order valence-corrected chi connectivity index (χ2v) is 8.12. The molecule has 144 valence electrons. The number of hydrogen-bond acceptors (Lipinski definition) is 5. The number of hydrogen-bond donors (Lipinski definition) is 1. The lowest BCUT2D eigenvalue weighted by molar-refractivity contribution is -0.150. The zero-order valence-electron chi connectivity index (χ0n) is 15.5. The topological polar surface area (TPSA) is 55.4 Å². The molecule has 4 nitrogen and oxygen atoms in total. The van der Waals surface area contributed by atoms with E-state index in [9.17, 15) is 9.59 Å². The quantitative estimate of drug-likeness (QED) is 0.517. The molecule has 2 aromatic carbocycles. The van der Waals surface area contributed by atoms with Crippen LogP contribution >= 0.6 is 23.1 Å². The predicted octanol–water partition coefficient (Wildman–Crippen LogP) is 5.22. The molecule has 0 aliphatic carbocycles. The Morgan fingerprint density at radius 3 is 2.54 bits per heavy atom. The summed E-state index contributed by atoms with van der Waals surface area (Å²) in [6.45, 7) is 1.59. The van der Waals surface area contributed by atoms with Crippen molar-refractivity contribution < 1.29 is 14.3 Å². The van der Waals surface area contributed by atoms with E-state index < -0.39 is 6.10 Å². The van der Waals surface area contributed by atoms with Gasteiger partial charge in [0.25, 0.3) is 5.91 Å². The first-order valence-electron chi connectivity index (χ1n) is 8.88. The number of thiophene rings is 1. The summed E-state index contributed by atoms with van der Waals surface area (Å²) in [5.74, 6) is 0.244. The fraction of sp³-hybridized carbons (Fsp3) is 0.182. The summed E-state index contributed by atoms with van der Waals surface area (Å²) >= 11 is 3.14. The Hall–Kier alpha value is -2.57. The third-order valence-electron chi connectivity index (χ3n) is 3.99. The highest BCUT2D eigenvalue weighted by atomic mass is 32.2. The van der Waals surface area contributed by atoms with Crippen LogP contribution in [0.25, 0.3) is 11.1 Å². The molecule has 1 atom stereocenters. The van der Waals surface area contributed by atoms with Crippen LogP contribution in [0.5, 0.6) is 0 Å². The number of esters is 1. The molecule has 3 aromatic rings. The summed E-state index contributed by atoms with van der Waals surface area (Å²) in [7, 11) is 0. The molecule has 0 unspecified atom stereocenters. The number of thioether (sulfide) groups is 1. The zero-order valence-corrected chi connectivity index (χ0v) is 17.1. The molecule has 1 N–H and O–H groups in total. The molecule has 0 bridgehead atoms. The van der Waals surface area contributed by atoms with Gasteiger partial charge in [-0.2, -0.15) is 0 Å². The molecule has 1 amide bonds. The molecular formula is C22H21NO3S2. The molecule has 3 rings (SSSR count). The van der Waals surface area contributed by atoms with E-state index >= 15 is 0 Å². The van der Waals surface area contributed by atoms with Crippen LogP contribution in [0, 0.1) is 0 Å². The van der Waals surface area contributed by atoms with E-state index in [1.807, 2.05) is 72.1 Å². The normalized spacial score (nSPS) is 11.6. The molecule has 0 aliphatic rings. The first kappa shape index (κ1) is 20.2. The van der Waals surface area contributed by atoms with Crippen LogP contribution in [0.4, 0.5) is 5.69 Å². The van der Waals surface area contributed by atoms with Crippen molar-refractivity contribution in [1.29, 1.82) is 0 Å². The van der Waals surface area contributed by atoms with E-state index in [0.717, 1.165) is 16.9 Å². The van der Waals surface area contributed by atoms with Crippen LogP contribution in [-0.2, 0) is 20.1 Å². The Morgan fingerprint density at radius 2 is 1.79 bits per heavy atom. The van der Waals surface area contributed by atoms with Crippen molar-refractivity contribution in [2.45, 2.75) is 18.8 Å². The Kier molecular flexibility index (Phi) is 7.28. The number of ether oxygens (including phenoxy) is 1. The van der Waals surface area contributed by atoms with E-state index in [1.165, 1.54) is 16.6 Å². The Bertz CT molecular complexity index is 911. The Labute approximate surface area is 172 Å². The van der Waals surface area contributed by atoms with Gasteiger partial charge in [-0.05, 0) is 30.0 Å². The third-order valence-corrected chi connectivity index (χ3v) is 6.01. The lowest BCUT2D eigenvalue weighted by atomic mass is 10.0. The van der Waals surface area contributed by atoms with Crippen LogP contribution in [0.2, 0.25) is 0 Å². The highest BCUT2D eigenvalue weighted by molar-refractivity contribution is 7.99. The maximum absolute atomic E-state index is 12.5. The first-order valence-corrected chi connectivity index (χ1v) is 10.9. The highest BCUT2D eigenvalue weighted by Gasteiger charge is 2.19. The molecule has 0 saturated carbocycles. The SMILES string of the molecule is C[C@@H](OC(=O)CSCc1cccs1)C(=O)Nc1ccccc1-c1ccccc1. The summed E-state index contributed by atoms with van der Waals surface area (Å²) in [5.41, 5.74) is 2.61. The van der Waals surface area contributed by atoms with Gasteiger partial charge >= 0.3 is 5.97 Å². The average Bonchev–Trinajstić information content (AvgIpc) is 3.22. The second kappa shape index (κ2) is 10.1. The maximum atomic E-state index is 12.5. The van der Waals surface area contributed by atoms with Gasteiger partial charge in [-0.15, -0.1) is 23.1 Å². The number of carbonyl (C=O) groups is 2. The molecule has 0 aliphatic heterocycles. The van der Waals surface area contributed by atoms with Crippen LogP contribution in [0.1, 0.15) is 11.8 Å². The minimum Gasteiger partial charge on any atom is -0.452 e. The maximum Gasteiger partial charge on any atom is 0.316 e. The minimum absolute atomic E-state index is 0.218. The van der Waals surface area contributed by atoms with Gasteiger partial charge in [0.05, 0.1) is 5.75 Å². The van der Waals surface area contributed by atoms with Gasteiger partial charge in [0.1, 0.15) is 0 Å². The molecule has 6 heteroatoms. The number of anilines is 1. The average molecular weight is 412 g/mol. The molecule has 0 radical (unpaired) electrons. The van der Waals surface area contributed by atoms with Gasteiger partial charge < -0.3 is 10.1 Å². The fourth-order valence-electron chi connectivity index (χ4n) is 2.61. The van der Waals surface area contributed by atoms with Gasteiger partial charge in [-0.1, -0.05) is 54.6 Å². The summed E-state index contributed by atoms with van der Waals surface area (Å²) in [6, 6.07) is 21.4. The summed E-state index contributed by atoms with van der Waals surface area (Å²) in [4.78, 5) is 25.7. The van der Waals surface area contributed by atoms with E-state index in [-0.39, 0.29) is 17.6 Å². The summed E-state index contributed by atoms with van der Waals surface area (Å²) in [6.07, 6.45) is -0.862. The molecule has 0 fully saturated rings. The van der Waals surface area contributed by atoms with Crippen molar-refractivity contribution in [1.82, 2.24) is 0 Å². The van der Waals surface area contributed by atoms with Crippen LogP contribution in [0.3, 0.4) is 0 Å². The number of nitrogens with one attached hydrogen (secondary N) is 1. The van der Waals surface area contributed by atoms with Crippen molar-refractivity contribution in [3.63, 3.8) is 0 Å². The van der Waals surface area contributed by atoms with Crippen molar-refractivity contribution in [2.75, 3.05) is 11.1 Å². The lowest BCUT2D eigenvalue weighted by Crippen LogP contribution is -2.30. The highest BCUT2D eigenvalue weighted by Crippen LogP contribution is 2.27. The Morgan fingerprint density at radius 1 is 1.04 bits per heavy atom. The number of rotatable bonds is 8. The standard InChI is InChI=1S/C22H21NO3S2/c1-16(26-21(24)15-27-14-18-10-7-13-28-18)22(25)23-20-12-6-5-11-19(20)17-8-3-2-4-9-17/h2-13,16H,14-15H2,1H3,(H,23,25)/t16-/m1/s1. The van der Waals surface area contributed by atoms with Crippen molar-refractivity contribution in [3.05, 3.63) is 77.0 Å². The monoisotopic (exact) mass is 411 g/mol. The van der Waals surface area contributed by atoms with Gasteiger partial charge in [-0.3, -0.25) is 9.59 Å². The second-order valence-electron chi connectivity index (χ2n) is 6.11. The smallest absolute Gasteiger partial charge is 0.316 e. The van der Waals surface area contributed by atoms with Crippen molar-refractivity contribution in [2.24, 2.45) is 0 Å². The van der Waals surface area contributed by atoms with E-state index in [1.54, 1.807) is 18.3 Å². The zero-order chi connectivity index (χ0) is 19.8. The third kappa shape index (κ3) is 5.71. The number of para-hydroxylation sites is 1. The summed E-state index contributed by atoms with van der Waals surface area (Å²) < 4.78 is 5.28. The Balaban J connectivity index is 1.54. The van der Waals surface area contributed by atoms with Crippen molar-refractivity contribution >= 4 is 40.7 Å². The molecule has 28 heavy (non-hydrogen) atoms. The first-order chi connectivity index (χ1) is 13.6. The minimum atomic E-state index is -0.862. The molecule has 1 heterocycles. The van der Waals surface area contributed by atoms with E-state index in [4.69, 9.17) is 4.74 Å². The number of amides is 1. The fourth-order valence-corrected chi connectivity index (χ4v) is 4.26. The van der Waals surface area contributed by atoms with Gasteiger partial charge in [-0.25, -0.2) is 0 Å². The number of carbonyl (C=O) groups excluding carboxylic acids is 2. The van der Waals surface area contributed by atoms with Crippen molar-refractivity contribution in [3.8, 4) is 11.1 Å². The van der Waals surface area contributed by atoms with E-state index in [0.29, 0.717) is 5.69 Å². The summed E-state index contributed by atoms with van der Waals surface area (Å²) in [5, 5.41) is 4.88. The van der Waals surface area contributed by atoms with Crippen LogP contribution < -0.4 is 5.32 Å². The van der Waals surface area contributed by atoms with Crippen LogP contribution in [-0.4, -0.2) is 23.7 Å². The largest absolute Gasteiger partial charge is 0.452 e. The van der Waals surface area contributed by atoms with Crippen LogP contribution in [0.15, 0.2) is 72.1 Å². The van der Waals surface area contributed by atoms with Gasteiger partial charge in [0.2, 0.25) is 0 Å². The molecule has 1 aromatic heterocycles. The number of benzene rings is 2.